The molecule has 152 valence electrons. The largest absolute Gasteiger partial charge is 0.508 e. The van der Waals surface area contributed by atoms with Crippen LogP contribution in [0.15, 0.2) is 110 Å². The van der Waals surface area contributed by atoms with E-state index in [2.05, 4.69) is 6.58 Å². The number of amides is 1. The van der Waals surface area contributed by atoms with E-state index < -0.39 is 0 Å². The van der Waals surface area contributed by atoms with Crippen molar-refractivity contribution in [3.05, 3.63) is 110 Å². The van der Waals surface area contributed by atoms with E-state index in [1.165, 1.54) is 6.08 Å². The summed E-state index contributed by atoms with van der Waals surface area (Å²) in [6.07, 6.45) is 1.29. The first-order valence-corrected chi connectivity index (χ1v) is 9.82. The maximum atomic E-state index is 13.1. The van der Waals surface area contributed by atoms with Gasteiger partial charge in [-0.1, -0.05) is 67.2 Å². The summed E-state index contributed by atoms with van der Waals surface area (Å²) in [5.41, 5.74) is 4.83. The van der Waals surface area contributed by atoms with Crippen molar-refractivity contribution < 1.29 is 15.0 Å². The van der Waals surface area contributed by atoms with Crippen molar-refractivity contribution in [3.8, 4) is 33.8 Å². The molecule has 0 spiro atoms. The first-order valence-electron chi connectivity index (χ1n) is 9.82. The topological polar surface area (TPSA) is 60.8 Å². The zero-order valence-electron chi connectivity index (χ0n) is 16.8. The lowest BCUT2D eigenvalue weighted by molar-refractivity contribution is -0.113. The maximum Gasteiger partial charge on any atom is 0.254 e. The van der Waals surface area contributed by atoms with Gasteiger partial charge < -0.3 is 10.2 Å². The molecule has 4 rings (SSSR count). The molecule has 0 saturated heterocycles. The second-order valence-corrected chi connectivity index (χ2v) is 7.01. The first kappa shape index (κ1) is 20.0. The number of carbonyl (C=O) groups excluding carboxylic acids is 1. The number of phenols is 2. The number of rotatable bonds is 5. The average molecular weight is 407 g/mol. The Bertz CT molecular complexity index is 1140. The molecule has 4 heteroatoms. The van der Waals surface area contributed by atoms with Gasteiger partial charge >= 0.3 is 0 Å². The highest BCUT2D eigenvalue weighted by Gasteiger charge is 2.22. The fraction of sp³-hybridized carbons (Fsp3) is 0. The van der Waals surface area contributed by atoms with E-state index in [0.717, 1.165) is 22.3 Å². The van der Waals surface area contributed by atoms with Crippen molar-refractivity contribution >= 4 is 17.3 Å². The molecule has 0 bridgehead atoms. The molecule has 0 radical (unpaired) electrons. The molecular formula is C27H21NO3. The van der Waals surface area contributed by atoms with E-state index in [4.69, 9.17) is 0 Å². The van der Waals surface area contributed by atoms with Crippen LogP contribution in [0.2, 0.25) is 0 Å². The molecule has 31 heavy (non-hydrogen) atoms. The molecule has 0 saturated carbocycles. The second kappa shape index (κ2) is 8.59. The zero-order chi connectivity index (χ0) is 21.8. The van der Waals surface area contributed by atoms with Crippen LogP contribution in [0.5, 0.6) is 11.5 Å². The van der Waals surface area contributed by atoms with Crippen LogP contribution in [0.3, 0.4) is 0 Å². The van der Waals surface area contributed by atoms with Crippen LogP contribution in [0, 0.1) is 0 Å². The summed E-state index contributed by atoms with van der Waals surface area (Å²) < 4.78 is 0. The Morgan fingerprint density at radius 3 is 1.42 bits per heavy atom. The van der Waals surface area contributed by atoms with Crippen LogP contribution < -0.4 is 4.90 Å². The van der Waals surface area contributed by atoms with E-state index in [9.17, 15) is 15.0 Å². The van der Waals surface area contributed by atoms with Crippen LogP contribution >= 0.6 is 0 Å². The number of aromatic hydroxyl groups is 2. The lowest BCUT2D eigenvalue weighted by Gasteiger charge is -2.27. The lowest BCUT2D eigenvalue weighted by atomic mass is 9.99. The number of para-hydroxylation sites is 2. The summed E-state index contributed by atoms with van der Waals surface area (Å²) in [6, 6.07) is 29.0. The number of hydrogen-bond acceptors (Lipinski definition) is 3. The number of carbonyl (C=O) groups is 1. The third-order valence-corrected chi connectivity index (χ3v) is 5.04. The summed E-state index contributed by atoms with van der Waals surface area (Å²) in [7, 11) is 0. The van der Waals surface area contributed by atoms with Crippen molar-refractivity contribution in [1.82, 2.24) is 0 Å². The summed E-state index contributed by atoms with van der Waals surface area (Å²) in [5.74, 6) is 0.0910. The molecule has 0 aromatic heterocycles. The quantitative estimate of drug-likeness (QED) is 0.383. The van der Waals surface area contributed by atoms with Crippen molar-refractivity contribution in [2.45, 2.75) is 0 Å². The van der Waals surface area contributed by atoms with Crippen LogP contribution in [-0.2, 0) is 4.79 Å². The van der Waals surface area contributed by atoms with Gasteiger partial charge in [0.25, 0.3) is 5.91 Å². The number of anilines is 2. The van der Waals surface area contributed by atoms with Gasteiger partial charge in [0.15, 0.2) is 0 Å². The van der Waals surface area contributed by atoms with Crippen molar-refractivity contribution in [2.24, 2.45) is 0 Å². The first-order chi connectivity index (χ1) is 15.1. The SMILES string of the molecule is C=CC(=O)N(c1ccccc1-c1ccc(O)cc1)c1ccccc1-c1ccc(O)cc1. The van der Waals surface area contributed by atoms with Gasteiger partial charge in [0.05, 0.1) is 11.4 Å². The van der Waals surface area contributed by atoms with Crippen molar-refractivity contribution in [3.63, 3.8) is 0 Å². The molecule has 4 aromatic carbocycles. The predicted molar refractivity (Wildman–Crippen MR) is 124 cm³/mol. The van der Waals surface area contributed by atoms with Gasteiger partial charge in [-0.25, -0.2) is 0 Å². The molecule has 1 amide bonds. The molecule has 2 N–H and O–H groups in total. The van der Waals surface area contributed by atoms with Gasteiger partial charge in [0.1, 0.15) is 11.5 Å². The normalized spacial score (nSPS) is 10.5. The van der Waals surface area contributed by atoms with Gasteiger partial charge in [-0.05, 0) is 53.6 Å². The zero-order valence-corrected chi connectivity index (χ0v) is 16.8. The number of phenolic OH excluding ortho intramolecular Hbond substituents is 2. The fourth-order valence-corrected chi connectivity index (χ4v) is 3.57. The number of nitrogens with zero attached hydrogens (tertiary/aromatic N) is 1. The Labute approximate surface area is 181 Å². The summed E-state index contributed by atoms with van der Waals surface area (Å²) in [5, 5.41) is 19.3. The van der Waals surface area contributed by atoms with Crippen LogP contribution in [-0.4, -0.2) is 16.1 Å². The standard InChI is InChI=1S/C27H21NO3/c1-2-27(31)28(25-9-5-3-7-23(25)19-11-15-21(29)16-12-19)26-10-6-4-8-24(26)20-13-17-22(30)18-14-20/h2-18,29-30H,1H2. The smallest absolute Gasteiger partial charge is 0.254 e. The summed E-state index contributed by atoms with van der Waals surface area (Å²) >= 11 is 0. The molecule has 4 nitrogen and oxygen atoms in total. The third-order valence-electron chi connectivity index (χ3n) is 5.04. The van der Waals surface area contributed by atoms with E-state index in [0.29, 0.717) is 11.4 Å². The van der Waals surface area contributed by atoms with Crippen molar-refractivity contribution in [2.75, 3.05) is 4.90 Å². The summed E-state index contributed by atoms with van der Waals surface area (Å²) in [6.45, 7) is 3.70. The van der Waals surface area contributed by atoms with Crippen molar-refractivity contribution in [1.29, 1.82) is 0 Å². The molecule has 0 heterocycles. The van der Waals surface area contributed by atoms with E-state index in [-0.39, 0.29) is 17.4 Å². The molecule has 0 aliphatic carbocycles. The van der Waals surface area contributed by atoms with Gasteiger partial charge in [0, 0.05) is 11.1 Å². The van der Waals surface area contributed by atoms with Gasteiger partial charge in [-0.3, -0.25) is 9.69 Å². The highest BCUT2D eigenvalue weighted by molar-refractivity contribution is 6.11. The Hall–Kier alpha value is -4.31. The fourth-order valence-electron chi connectivity index (χ4n) is 3.57. The number of hydrogen-bond donors (Lipinski definition) is 2. The summed E-state index contributed by atoms with van der Waals surface area (Å²) in [4.78, 5) is 14.8. The Morgan fingerprint density at radius 1 is 0.645 bits per heavy atom. The third kappa shape index (κ3) is 4.05. The lowest BCUT2D eigenvalue weighted by Crippen LogP contribution is -2.24. The van der Waals surface area contributed by atoms with Crippen LogP contribution in [0.1, 0.15) is 0 Å². The van der Waals surface area contributed by atoms with E-state index in [1.807, 2.05) is 72.8 Å². The minimum absolute atomic E-state index is 0.179. The van der Waals surface area contributed by atoms with E-state index in [1.54, 1.807) is 29.2 Å². The molecule has 0 atom stereocenters. The van der Waals surface area contributed by atoms with Crippen LogP contribution in [0.25, 0.3) is 22.3 Å². The van der Waals surface area contributed by atoms with Gasteiger partial charge in [0.2, 0.25) is 0 Å². The molecule has 0 aliphatic heterocycles. The van der Waals surface area contributed by atoms with Crippen LogP contribution in [0.4, 0.5) is 11.4 Å². The molecular weight excluding hydrogens is 386 g/mol. The molecule has 0 aliphatic rings. The minimum Gasteiger partial charge on any atom is -0.508 e. The second-order valence-electron chi connectivity index (χ2n) is 7.01. The molecule has 4 aromatic rings. The predicted octanol–water partition coefficient (Wildman–Crippen LogP) is 6.28. The molecule has 0 fully saturated rings. The van der Waals surface area contributed by atoms with Gasteiger partial charge in [-0.15, -0.1) is 0 Å². The minimum atomic E-state index is -0.266. The Balaban J connectivity index is 1.92. The molecule has 0 unspecified atom stereocenters. The monoisotopic (exact) mass is 407 g/mol. The highest BCUT2D eigenvalue weighted by Crippen LogP contribution is 2.40. The highest BCUT2D eigenvalue weighted by atomic mass is 16.3. The Kier molecular flexibility index (Phi) is 5.54. The maximum absolute atomic E-state index is 13.1. The van der Waals surface area contributed by atoms with Gasteiger partial charge in [-0.2, -0.15) is 0 Å². The Morgan fingerprint density at radius 2 is 1.03 bits per heavy atom. The van der Waals surface area contributed by atoms with E-state index >= 15 is 0 Å². The average Bonchev–Trinajstić information content (AvgIpc) is 2.81. The number of benzene rings is 4.